The van der Waals surface area contributed by atoms with Crippen LogP contribution in [0.4, 0.5) is 0 Å². The molecular weight excluding hydrogens is 407 g/mol. The van der Waals surface area contributed by atoms with Crippen molar-refractivity contribution in [3.63, 3.8) is 0 Å². The summed E-state index contributed by atoms with van der Waals surface area (Å²) in [6, 6.07) is 27.8. The van der Waals surface area contributed by atoms with Crippen molar-refractivity contribution in [2.75, 3.05) is 19.8 Å². The number of unbranched alkanes of at least 4 members (excludes halogenated alkanes) is 1. The number of hydrogen-bond donors (Lipinski definition) is 0. The molecule has 1 aliphatic heterocycles. The molecule has 4 rings (SSSR count). The van der Waals surface area contributed by atoms with Crippen LogP contribution < -0.4 is 10.2 Å². The van der Waals surface area contributed by atoms with Gasteiger partial charge in [0, 0.05) is 13.2 Å². The molecule has 0 aliphatic carbocycles. The molecule has 4 heteroatoms. The molecule has 3 nitrogen and oxygen atoms in total. The molecular formula is C29H33BO3. The summed E-state index contributed by atoms with van der Waals surface area (Å²) in [4.78, 5) is 0. The Morgan fingerprint density at radius 1 is 0.788 bits per heavy atom. The number of allylic oxidation sites excluding steroid dienone is 1. The van der Waals surface area contributed by atoms with Crippen LogP contribution in [0, 0.1) is 0 Å². The standard InChI is InChI=1S/C29H33BO3/c1-3-5-20-31-27-18-14-25(15-19-27)29(28(4-2)23-10-7-6-8-11-23)24-12-16-26(17-13-24)30-32-21-9-22-33-30/h6-8,10-19H,3-5,9,20-22H2,1-2H3. The second kappa shape index (κ2) is 11.9. The van der Waals surface area contributed by atoms with Gasteiger partial charge >= 0.3 is 7.12 Å². The molecule has 3 aromatic carbocycles. The second-order valence-electron chi connectivity index (χ2n) is 8.35. The summed E-state index contributed by atoms with van der Waals surface area (Å²) >= 11 is 0. The largest absolute Gasteiger partial charge is 0.494 e. The predicted octanol–water partition coefficient (Wildman–Crippen LogP) is 6.37. The maximum Gasteiger partial charge on any atom is 0.493 e. The van der Waals surface area contributed by atoms with Gasteiger partial charge in [-0.3, -0.25) is 0 Å². The van der Waals surface area contributed by atoms with E-state index in [1.807, 2.05) is 0 Å². The molecule has 3 aromatic rings. The Morgan fingerprint density at radius 2 is 1.42 bits per heavy atom. The van der Waals surface area contributed by atoms with E-state index in [1.165, 1.54) is 27.8 Å². The monoisotopic (exact) mass is 440 g/mol. The highest BCUT2D eigenvalue weighted by Gasteiger charge is 2.24. The van der Waals surface area contributed by atoms with Gasteiger partial charge < -0.3 is 14.0 Å². The van der Waals surface area contributed by atoms with Crippen LogP contribution in [0.1, 0.15) is 56.2 Å². The summed E-state index contributed by atoms with van der Waals surface area (Å²) < 4.78 is 17.5. The Hall–Kier alpha value is -2.82. The average Bonchev–Trinajstić information content (AvgIpc) is 2.89. The fourth-order valence-electron chi connectivity index (χ4n) is 4.22. The molecule has 0 bridgehead atoms. The van der Waals surface area contributed by atoms with Crippen LogP contribution in [-0.2, 0) is 9.31 Å². The van der Waals surface area contributed by atoms with Gasteiger partial charge in [-0.25, -0.2) is 0 Å². The normalized spacial score (nSPS) is 14.7. The highest BCUT2D eigenvalue weighted by atomic mass is 16.6. The molecule has 0 N–H and O–H groups in total. The fraction of sp³-hybridized carbons (Fsp3) is 0.310. The van der Waals surface area contributed by atoms with Crippen molar-refractivity contribution in [2.24, 2.45) is 0 Å². The van der Waals surface area contributed by atoms with Gasteiger partial charge in [-0.1, -0.05) is 87.0 Å². The van der Waals surface area contributed by atoms with Crippen molar-refractivity contribution in [3.05, 3.63) is 95.6 Å². The van der Waals surface area contributed by atoms with Crippen molar-refractivity contribution < 1.29 is 14.0 Å². The van der Waals surface area contributed by atoms with Crippen LogP contribution >= 0.6 is 0 Å². The fourth-order valence-corrected chi connectivity index (χ4v) is 4.22. The molecule has 0 amide bonds. The Morgan fingerprint density at radius 3 is 2.03 bits per heavy atom. The zero-order valence-corrected chi connectivity index (χ0v) is 19.8. The first-order valence-corrected chi connectivity index (χ1v) is 12.2. The molecule has 1 heterocycles. The number of hydrogen-bond acceptors (Lipinski definition) is 3. The molecule has 170 valence electrons. The summed E-state index contributed by atoms with van der Waals surface area (Å²) in [5.74, 6) is 0.922. The third-order valence-corrected chi connectivity index (χ3v) is 5.99. The van der Waals surface area contributed by atoms with Gasteiger partial charge in [0.15, 0.2) is 0 Å². The number of benzene rings is 3. The molecule has 0 saturated carbocycles. The lowest BCUT2D eigenvalue weighted by Crippen LogP contribution is -2.40. The summed E-state index contributed by atoms with van der Waals surface area (Å²) in [5.41, 5.74) is 7.27. The van der Waals surface area contributed by atoms with E-state index in [4.69, 9.17) is 14.0 Å². The SMILES string of the molecule is CCCCOc1ccc(C(=C(CC)c2ccccc2)c2ccc(B3OCCCO3)cc2)cc1. The van der Waals surface area contributed by atoms with E-state index < -0.39 is 0 Å². The van der Waals surface area contributed by atoms with E-state index in [9.17, 15) is 0 Å². The first-order valence-electron chi connectivity index (χ1n) is 12.2. The number of ether oxygens (including phenoxy) is 1. The van der Waals surface area contributed by atoms with E-state index >= 15 is 0 Å². The van der Waals surface area contributed by atoms with E-state index in [1.54, 1.807) is 0 Å². The van der Waals surface area contributed by atoms with Gasteiger partial charge in [0.25, 0.3) is 0 Å². The van der Waals surface area contributed by atoms with Crippen molar-refractivity contribution in [1.82, 2.24) is 0 Å². The van der Waals surface area contributed by atoms with Crippen LogP contribution in [0.15, 0.2) is 78.9 Å². The zero-order chi connectivity index (χ0) is 22.9. The van der Waals surface area contributed by atoms with Crippen molar-refractivity contribution >= 4 is 23.7 Å². The minimum absolute atomic E-state index is 0.264. The third kappa shape index (κ3) is 5.95. The summed E-state index contributed by atoms with van der Waals surface area (Å²) in [6.45, 7) is 6.66. The maximum absolute atomic E-state index is 5.90. The molecule has 0 unspecified atom stereocenters. The lowest BCUT2D eigenvalue weighted by molar-refractivity contribution is 0.143. The number of rotatable bonds is 9. The van der Waals surface area contributed by atoms with Gasteiger partial charge in [-0.2, -0.15) is 0 Å². The highest BCUT2D eigenvalue weighted by molar-refractivity contribution is 6.61. The molecule has 1 saturated heterocycles. The van der Waals surface area contributed by atoms with Gasteiger partial charge in [0.05, 0.1) is 6.61 Å². The maximum atomic E-state index is 5.90. The molecule has 0 atom stereocenters. The van der Waals surface area contributed by atoms with E-state index in [0.717, 1.165) is 56.7 Å². The summed E-state index contributed by atoms with van der Waals surface area (Å²) in [7, 11) is -0.264. The van der Waals surface area contributed by atoms with Gasteiger partial charge in [0.1, 0.15) is 5.75 Å². The first-order chi connectivity index (χ1) is 16.3. The van der Waals surface area contributed by atoms with Crippen LogP contribution in [0.2, 0.25) is 0 Å². The van der Waals surface area contributed by atoms with E-state index in [2.05, 4.69) is 92.7 Å². The zero-order valence-electron chi connectivity index (χ0n) is 19.8. The Bertz CT molecular complexity index is 1020. The average molecular weight is 440 g/mol. The minimum Gasteiger partial charge on any atom is -0.494 e. The third-order valence-electron chi connectivity index (χ3n) is 5.99. The topological polar surface area (TPSA) is 27.7 Å². The Balaban J connectivity index is 1.71. The minimum atomic E-state index is -0.264. The van der Waals surface area contributed by atoms with Gasteiger partial charge in [-0.05, 0) is 64.7 Å². The molecule has 33 heavy (non-hydrogen) atoms. The van der Waals surface area contributed by atoms with Crippen molar-refractivity contribution in [1.29, 1.82) is 0 Å². The molecule has 0 radical (unpaired) electrons. The molecule has 1 fully saturated rings. The smallest absolute Gasteiger partial charge is 0.493 e. The van der Waals surface area contributed by atoms with Crippen LogP contribution in [0.5, 0.6) is 5.75 Å². The lowest BCUT2D eigenvalue weighted by atomic mass is 9.77. The lowest BCUT2D eigenvalue weighted by Gasteiger charge is -2.21. The first kappa shape index (κ1) is 23.3. The molecule has 0 spiro atoms. The van der Waals surface area contributed by atoms with Crippen LogP contribution in [0.3, 0.4) is 0 Å². The Labute approximate surface area is 198 Å². The van der Waals surface area contributed by atoms with Crippen molar-refractivity contribution in [3.8, 4) is 5.75 Å². The quantitative estimate of drug-likeness (QED) is 0.220. The highest BCUT2D eigenvalue weighted by Crippen LogP contribution is 2.34. The summed E-state index contributed by atoms with van der Waals surface area (Å²) in [5, 5.41) is 0. The second-order valence-corrected chi connectivity index (χ2v) is 8.35. The van der Waals surface area contributed by atoms with Gasteiger partial charge in [0.2, 0.25) is 0 Å². The van der Waals surface area contributed by atoms with E-state index in [-0.39, 0.29) is 7.12 Å². The summed E-state index contributed by atoms with van der Waals surface area (Å²) in [6.07, 6.45) is 4.09. The molecule has 0 aromatic heterocycles. The molecule has 1 aliphatic rings. The van der Waals surface area contributed by atoms with Crippen LogP contribution in [0.25, 0.3) is 11.1 Å². The Kier molecular flexibility index (Phi) is 8.40. The van der Waals surface area contributed by atoms with E-state index in [0.29, 0.717) is 0 Å². The predicted molar refractivity (Wildman–Crippen MR) is 138 cm³/mol. The van der Waals surface area contributed by atoms with Crippen LogP contribution in [-0.4, -0.2) is 26.9 Å². The van der Waals surface area contributed by atoms with Gasteiger partial charge in [-0.15, -0.1) is 0 Å². The van der Waals surface area contributed by atoms with Crippen molar-refractivity contribution in [2.45, 2.75) is 39.5 Å².